The highest BCUT2D eigenvalue weighted by Crippen LogP contribution is 2.34. The van der Waals surface area contributed by atoms with Gasteiger partial charge in [-0.3, -0.25) is 29.4 Å². The van der Waals surface area contributed by atoms with E-state index in [1.54, 1.807) is 32.0 Å². The van der Waals surface area contributed by atoms with E-state index >= 15 is 0 Å². The first kappa shape index (κ1) is 20.3. The van der Waals surface area contributed by atoms with E-state index in [0.717, 1.165) is 10.5 Å². The summed E-state index contributed by atoms with van der Waals surface area (Å²) < 4.78 is 10.5. The molecule has 9 nitrogen and oxygen atoms in total. The van der Waals surface area contributed by atoms with Gasteiger partial charge in [0, 0.05) is 23.8 Å². The predicted octanol–water partition coefficient (Wildman–Crippen LogP) is 3.76. The zero-order valence-corrected chi connectivity index (χ0v) is 16.4. The van der Waals surface area contributed by atoms with Crippen LogP contribution in [0.1, 0.15) is 18.2 Å². The molecular formula is C19H16N2O7S. The molecule has 0 aliphatic carbocycles. The summed E-state index contributed by atoms with van der Waals surface area (Å²) in [6.45, 7) is 3.12. The zero-order chi connectivity index (χ0) is 21.1. The van der Waals surface area contributed by atoms with Crippen LogP contribution < -0.4 is 0 Å². The van der Waals surface area contributed by atoms with Crippen molar-refractivity contribution in [3.05, 3.63) is 56.7 Å². The molecule has 0 spiro atoms. The summed E-state index contributed by atoms with van der Waals surface area (Å²) in [6.07, 6.45) is 1.40. The lowest BCUT2D eigenvalue weighted by Gasteiger charge is -2.10. The van der Waals surface area contributed by atoms with E-state index in [9.17, 15) is 24.5 Å². The Morgan fingerprint density at radius 1 is 1.31 bits per heavy atom. The van der Waals surface area contributed by atoms with Crippen molar-refractivity contribution in [1.82, 2.24) is 4.90 Å². The minimum atomic E-state index is -0.669. The maximum absolute atomic E-state index is 12.4. The number of nitro benzene ring substituents is 1. The van der Waals surface area contributed by atoms with Crippen molar-refractivity contribution in [2.24, 2.45) is 0 Å². The first-order valence-electron chi connectivity index (χ1n) is 8.56. The van der Waals surface area contributed by atoms with Gasteiger partial charge in [0.15, 0.2) is 0 Å². The van der Waals surface area contributed by atoms with Gasteiger partial charge >= 0.3 is 5.97 Å². The fourth-order valence-electron chi connectivity index (χ4n) is 2.67. The van der Waals surface area contributed by atoms with E-state index in [0.29, 0.717) is 28.8 Å². The minimum Gasteiger partial charge on any atom is -0.465 e. The molecule has 2 aromatic rings. The third-order valence-corrected chi connectivity index (χ3v) is 4.97. The lowest BCUT2D eigenvalue weighted by Crippen LogP contribution is -2.34. The Bertz CT molecular complexity index is 1040. The van der Waals surface area contributed by atoms with Gasteiger partial charge in [-0.05, 0) is 43.3 Å². The average Bonchev–Trinajstić information content (AvgIpc) is 3.22. The summed E-state index contributed by atoms with van der Waals surface area (Å²) >= 11 is 0.693. The SMILES string of the molecule is CCOC(=O)CN1C(=O)S/C(=C/c2ccc(-c3cc([N+](=O)[O-])ccc3C)o2)C1=O. The van der Waals surface area contributed by atoms with Crippen LogP contribution in [0, 0.1) is 17.0 Å². The van der Waals surface area contributed by atoms with Crippen molar-refractivity contribution >= 4 is 40.6 Å². The molecule has 0 N–H and O–H groups in total. The van der Waals surface area contributed by atoms with Crippen LogP contribution in [0.25, 0.3) is 17.4 Å². The number of nitro groups is 1. The molecule has 2 heterocycles. The van der Waals surface area contributed by atoms with Gasteiger partial charge in [0.25, 0.3) is 16.8 Å². The first-order valence-corrected chi connectivity index (χ1v) is 9.38. The molecule has 2 amide bonds. The Kier molecular flexibility index (Phi) is 5.83. The molecule has 150 valence electrons. The molecule has 0 saturated carbocycles. The molecule has 0 atom stereocenters. The summed E-state index contributed by atoms with van der Waals surface area (Å²) in [5, 5.41) is 10.4. The number of amides is 2. The summed E-state index contributed by atoms with van der Waals surface area (Å²) in [4.78, 5) is 47.4. The fourth-order valence-corrected chi connectivity index (χ4v) is 3.48. The Morgan fingerprint density at radius 3 is 2.76 bits per heavy atom. The zero-order valence-electron chi connectivity index (χ0n) is 15.5. The molecular weight excluding hydrogens is 400 g/mol. The second-order valence-electron chi connectivity index (χ2n) is 6.03. The highest BCUT2D eigenvalue weighted by atomic mass is 32.2. The van der Waals surface area contributed by atoms with Crippen molar-refractivity contribution in [2.75, 3.05) is 13.2 Å². The van der Waals surface area contributed by atoms with Gasteiger partial charge in [-0.15, -0.1) is 0 Å². The largest absolute Gasteiger partial charge is 0.465 e. The molecule has 0 bridgehead atoms. The van der Waals surface area contributed by atoms with Crippen molar-refractivity contribution in [3.8, 4) is 11.3 Å². The Morgan fingerprint density at radius 2 is 2.07 bits per heavy atom. The monoisotopic (exact) mass is 416 g/mol. The number of hydrogen-bond acceptors (Lipinski definition) is 8. The number of carbonyl (C=O) groups excluding carboxylic acids is 3. The van der Waals surface area contributed by atoms with Gasteiger partial charge in [-0.2, -0.15) is 0 Å². The number of imide groups is 1. The van der Waals surface area contributed by atoms with E-state index in [4.69, 9.17) is 9.15 Å². The smallest absolute Gasteiger partial charge is 0.326 e. The summed E-state index contributed by atoms with van der Waals surface area (Å²) in [5.41, 5.74) is 1.27. The van der Waals surface area contributed by atoms with Crippen LogP contribution in [0.2, 0.25) is 0 Å². The van der Waals surface area contributed by atoms with Gasteiger partial charge in [-0.25, -0.2) is 0 Å². The van der Waals surface area contributed by atoms with Crippen LogP contribution in [0.3, 0.4) is 0 Å². The molecule has 3 rings (SSSR count). The number of aryl methyl sites for hydroxylation is 1. The predicted molar refractivity (Wildman–Crippen MR) is 105 cm³/mol. The highest BCUT2D eigenvalue weighted by Gasteiger charge is 2.36. The molecule has 1 aromatic heterocycles. The molecule has 1 aliphatic heterocycles. The van der Waals surface area contributed by atoms with Crippen molar-refractivity contribution in [2.45, 2.75) is 13.8 Å². The number of esters is 1. The van der Waals surface area contributed by atoms with E-state index < -0.39 is 28.6 Å². The number of non-ortho nitro benzene ring substituents is 1. The number of thioether (sulfide) groups is 1. The molecule has 1 aliphatic rings. The number of ether oxygens (including phenoxy) is 1. The quantitative estimate of drug-likeness (QED) is 0.302. The number of carbonyl (C=O) groups is 3. The molecule has 10 heteroatoms. The number of rotatable bonds is 6. The molecule has 0 radical (unpaired) electrons. The number of benzene rings is 1. The van der Waals surface area contributed by atoms with Crippen LogP contribution in [-0.4, -0.2) is 40.1 Å². The molecule has 0 unspecified atom stereocenters. The van der Waals surface area contributed by atoms with Gasteiger partial charge in [-0.1, -0.05) is 6.07 Å². The van der Waals surface area contributed by atoms with E-state index in [1.165, 1.54) is 18.2 Å². The lowest BCUT2D eigenvalue weighted by molar-refractivity contribution is -0.384. The van der Waals surface area contributed by atoms with Gasteiger partial charge < -0.3 is 9.15 Å². The number of hydrogen-bond donors (Lipinski definition) is 0. The fraction of sp³-hybridized carbons (Fsp3) is 0.211. The molecule has 29 heavy (non-hydrogen) atoms. The van der Waals surface area contributed by atoms with E-state index in [1.807, 2.05) is 0 Å². The van der Waals surface area contributed by atoms with Crippen LogP contribution >= 0.6 is 11.8 Å². The van der Waals surface area contributed by atoms with E-state index in [-0.39, 0.29) is 17.2 Å². The van der Waals surface area contributed by atoms with Crippen molar-refractivity contribution in [1.29, 1.82) is 0 Å². The van der Waals surface area contributed by atoms with Crippen molar-refractivity contribution in [3.63, 3.8) is 0 Å². The maximum atomic E-state index is 12.4. The normalized spacial score (nSPS) is 15.2. The maximum Gasteiger partial charge on any atom is 0.326 e. The third-order valence-electron chi connectivity index (χ3n) is 4.06. The minimum absolute atomic E-state index is 0.0661. The third kappa shape index (κ3) is 4.37. The topological polar surface area (TPSA) is 120 Å². The summed E-state index contributed by atoms with van der Waals surface area (Å²) in [7, 11) is 0. The number of furan rings is 1. The van der Waals surface area contributed by atoms with E-state index in [2.05, 4.69) is 0 Å². The van der Waals surface area contributed by atoms with Gasteiger partial charge in [0.2, 0.25) is 0 Å². The summed E-state index contributed by atoms with van der Waals surface area (Å²) in [6, 6.07) is 7.65. The van der Waals surface area contributed by atoms with Crippen LogP contribution in [-0.2, 0) is 14.3 Å². The molecule has 1 saturated heterocycles. The first-order chi connectivity index (χ1) is 13.8. The average molecular weight is 416 g/mol. The van der Waals surface area contributed by atoms with Gasteiger partial charge in [0.1, 0.15) is 18.1 Å². The number of nitrogens with zero attached hydrogens (tertiary/aromatic N) is 2. The second-order valence-corrected chi connectivity index (χ2v) is 7.02. The standard InChI is InChI=1S/C19H16N2O7S/c1-3-27-17(22)10-20-18(23)16(29-19(20)24)9-13-6-7-15(28-13)14-8-12(21(25)26)5-4-11(14)2/h4-9H,3,10H2,1-2H3/b16-9+. The Hall–Kier alpha value is -3.40. The highest BCUT2D eigenvalue weighted by molar-refractivity contribution is 8.18. The molecule has 1 aromatic carbocycles. The van der Waals surface area contributed by atoms with Crippen LogP contribution in [0.15, 0.2) is 39.7 Å². The molecule has 1 fully saturated rings. The van der Waals surface area contributed by atoms with Crippen LogP contribution in [0.5, 0.6) is 0 Å². The second kappa shape index (κ2) is 8.31. The van der Waals surface area contributed by atoms with Crippen LogP contribution in [0.4, 0.5) is 10.5 Å². The van der Waals surface area contributed by atoms with Crippen molar-refractivity contribution < 1.29 is 28.5 Å². The Balaban J connectivity index is 1.83. The lowest BCUT2D eigenvalue weighted by atomic mass is 10.1. The van der Waals surface area contributed by atoms with Gasteiger partial charge in [0.05, 0.1) is 16.4 Å². The Labute approximate surface area is 169 Å². The summed E-state index contributed by atoms with van der Waals surface area (Å²) in [5.74, 6) is -0.592.